The number of alkyl halides is 3. The summed E-state index contributed by atoms with van der Waals surface area (Å²) in [6.45, 7) is 0. The Kier molecular flexibility index (Phi) is 3.33. The lowest BCUT2D eigenvalue weighted by Crippen LogP contribution is -2.30. The molecule has 0 heterocycles. The van der Waals surface area contributed by atoms with Crippen LogP contribution in [0.5, 0.6) is 0 Å². The van der Waals surface area contributed by atoms with Crippen LogP contribution < -0.4 is 5.73 Å². The Hall–Kier alpha value is -1.14. The van der Waals surface area contributed by atoms with E-state index in [9.17, 15) is 22.7 Å². The van der Waals surface area contributed by atoms with Crippen molar-refractivity contribution in [2.45, 2.75) is 31.2 Å². The van der Waals surface area contributed by atoms with Crippen molar-refractivity contribution in [3.63, 3.8) is 0 Å². The zero-order chi connectivity index (χ0) is 13.5. The van der Waals surface area contributed by atoms with Crippen molar-refractivity contribution >= 4 is 0 Å². The molecule has 6 heteroatoms. The molecule has 0 aromatic heterocycles. The highest BCUT2D eigenvalue weighted by atomic mass is 19.4. The molecule has 1 aliphatic rings. The number of hydrogen-bond acceptors (Lipinski definition) is 2. The average molecular weight is 263 g/mol. The van der Waals surface area contributed by atoms with Gasteiger partial charge in [-0.2, -0.15) is 13.2 Å². The molecule has 1 aromatic carbocycles. The van der Waals surface area contributed by atoms with Crippen molar-refractivity contribution in [3.8, 4) is 0 Å². The summed E-state index contributed by atoms with van der Waals surface area (Å²) in [7, 11) is 0. The molecule has 100 valence electrons. The van der Waals surface area contributed by atoms with Crippen molar-refractivity contribution in [1.82, 2.24) is 0 Å². The lowest BCUT2D eigenvalue weighted by Gasteiger charge is -2.22. The molecule has 0 saturated heterocycles. The number of nitrogens with two attached hydrogens (primary N) is 1. The van der Waals surface area contributed by atoms with E-state index in [0.717, 1.165) is 25.0 Å². The third-order valence-electron chi connectivity index (χ3n) is 3.15. The van der Waals surface area contributed by atoms with Crippen LogP contribution in [0.1, 0.15) is 30.0 Å². The summed E-state index contributed by atoms with van der Waals surface area (Å²) in [6.07, 6.45) is -4.19. The van der Waals surface area contributed by atoms with Gasteiger partial charge in [0.2, 0.25) is 0 Å². The van der Waals surface area contributed by atoms with E-state index in [1.807, 2.05) is 0 Å². The largest absolute Gasteiger partial charge is 0.416 e. The summed E-state index contributed by atoms with van der Waals surface area (Å²) in [5, 5.41) is 9.78. The minimum atomic E-state index is -4.61. The van der Waals surface area contributed by atoms with Crippen molar-refractivity contribution in [3.05, 3.63) is 35.1 Å². The van der Waals surface area contributed by atoms with Gasteiger partial charge >= 0.3 is 6.18 Å². The predicted octanol–water partition coefficient (Wildman–Crippen LogP) is 2.62. The Morgan fingerprint density at radius 2 is 1.89 bits per heavy atom. The lowest BCUT2D eigenvalue weighted by atomic mass is 9.94. The Morgan fingerprint density at radius 3 is 2.39 bits per heavy atom. The van der Waals surface area contributed by atoms with E-state index in [0.29, 0.717) is 6.07 Å². The van der Waals surface area contributed by atoms with Gasteiger partial charge in [0.15, 0.2) is 0 Å². The summed E-state index contributed by atoms with van der Waals surface area (Å²) in [4.78, 5) is 0. The molecular formula is C12H13F4NO. The van der Waals surface area contributed by atoms with Crippen LogP contribution >= 0.6 is 0 Å². The molecule has 0 aliphatic heterocycles. The third kappa shape index (κ3) is 2.64. The summed E-state index contributed by atoms with van der Waals surface area (Å²) in [5.41, 5.74) is 4.25. The molecule has 2 rings (SSSR count). The van der Waals surface area contributed by atoms with E-state index in [4.69, 9.17) is 5.73 Å². The van der Waals surface area contributed by atoms with Crippen molar-refractivity contribution in [2.75, 3.05) is 0 Å². The van der Waals surface area contributed by atoms with Crippen LogP contribution in [0.15, 0.2) is 18.2 Å². The fourth-order valence-electron chi connectivity index (χ4n) is 1.98. The molecule has 0 spiro atoms. The topological polar surface area (TPSA) is 46.2 Å². The fraction of sp³-hybridized carbons (Fsp3) is 0.500. The van der Waals surface area contributed by atoms with Crippen molar-refractivity contribution in [2.24, 2.45) is 11.7 Å². The number of benzene rings is 1. The van der Waals surface area contributed by atoms with Crippen LogP contribution in [-0.2, 0) is 6.18 Å². The zero-order valence-corrected chi connectivity index (χ0v) is 9.41. The van der Waals surface area contributed by atoms with E-state index < -0.39 is 29.7 Å². The number of aliphatic hydroxyl groups is 1. The average Bonchev–Trinajstić information content (AvgIpc) is 3.09. The molecular weight excluding hydrogens is 250 g/mol. The van der Waals surface area contributed by atoms with Gasteiger partial charge in [-0.25, -0.2) is 4.39 Å². The van der Waals surface area contributed by atoms with Crippen molar-refractivity contribution in [1.29, 1.82) is 0 Å². The lowest BCUT2D eigenvalue weighted by molar-refractivity contribution is -0.138. The van der Waals surface area contributed by atoms with Crippen molar-refractivity contribution < 1.29 is 22.7 Å². The second-order valence-corrected chi connectivity index (χ2v) is 4.58. The first-order chi connectivity index (χ1) is 8.30. The maximum absolute atomic E-state index is 13.1. The van der Waals surface area contributed by atoms with E-state index in [2.05, 4.69) is 0 Å². The van der Waals surface area contributed by atoms with Gasteiger partial charge < -0.3 is 10.8 Å². The minimum absolute atomic E-state index is 0.0793. The Balaban J connectivity index is 2.37. The highest BCUT2D eigenvalue weighted by Gasteiger charge is 2.39. The molecule has 0 unspecified atom stereocenters. The van der Waals surface area contributed by atoms with Gasteiger partial charge in [-0.05, 0) is 42.5 Å². The first-order valence-electron chi connectivity index (χ1n) is 5.61. The zero-order valence-electron chi connectivity index (χ0n) is 9.41. The number of aliphatic hydroxyl groups excluding tert-OH is 1. The second-order valence-electron chi connectivity index (χ2n) is 4.58. The maximum Gasteiger partial charge on any atom is 0.416 e. The number of halogens is 4. The van der Waals surface area contributed by atoms with Gasteiger partial charge in [0, 0.05) is 0 Å². The molecule has 1 aromatic rings. The molecule has 0 bridgehead atoms. The van der Waals surface area contributed by atoms with Gasteiger partial charge in [-0.1, -0.05) is 0 Å². The molecule has 3 N–H and O–H groups in total. The molecule has 0 amide bonds. The Bertz CT molecular complexity index is 442. The van der Waals surface area contributed by atoms with Crippen LogP contribution in [0, 0.1) is 11.7 Å². The highest BCUT2D eigenvalue weighted by molar-refractivity contribution is 5.33. The highest BCUT2D eigenvalue weighted by Crippen LogP contribution is 2.40. The van der Waals surface area contributed by atoms with E-state index in [1.165, 1.54) is 0 Å². The quantitative estimate of drug-likeness (QED) is 0.823. The molecule has 2 nitrogen and oxygen atoms in total. The molecule has 0 radical (unpaired) electrons. The smallest absolute Gasteiger partial charge is 0.391 e. The summed E-state index contributed by atoms with van der Waals surface area (Å²) < 4.78 is 51.4. The summed E-state index contributed by atoms with van der Waals surface area (Å²) in [6, 6.07) is 0.927. The minimum Gasteiger partial charge on any atom is -0.391 e. The van der Waals surface area contributed by atoms with Crippen LogP contribution in [0.25, 0.3) is 0 Å². The van der Waals surface area contributed by atoms with Crippen LogP contribution in [0.2, 0.25) is 0 Å². The third-order valence-corrected chi connectivity index (χ3v) is 3.15. The van der Waals surface area contributed by atoms with Gasteiger partial charge in [0.25, 0.3) is 0 Å². The normalized spacial score (nSPS) is 19.7. The number of rotatable bonds is 3. The molecule has 1 fully saturated rings. The maximum atomic E-state index is 13.1. The first kappa shape index (κ1) is 13.3. The summed E-state index contributed by atoms with van der Waals surface area (Å²) >= 11 is 0. The fourth-order valence-corrected chi connectivity index (χ4v) is 1.98. The van der Waals surface area contributed by atoms with Crippen LogP contribution in [-0.4, -0.2) is 11.2 Å². The van der Waals surface area contributed by atoms with E-state index in [1.54, 1.807) is 0 Å². The van der Waals surface area contributed by atoms with Gasteiger partial charge in [0.05, 0.1) is 17.7 Å². The Labute approximate surface area is 101 Å². The standard InChI is InChI=1S/C12H13F4NO/c13-7-3-4-9(12(14,15)16)8(5-7)10(17)11(18)6-1-2-6/h3-6,10-11,18H,1-2,17H2/t10-,11+/m0/s1. The van der Waals surface area contributed by atoms with E-state index >= 15 is 0 Å². The summed E-state index contributed by atoms with van der Waals surface area (Å²) in [5.74, 6) is -0.874. The monoisotopic (exact) mass is 263 g/mol. The van der Waals surface area contributed by atoms with Gasteiger partial charge in [-0.15, -0.1) is 0 Å². The van der Waals surface area contributed by atoms with Crippen LogP contribution in [0.3, 0.4) is 0 Å². The van der Waals surface area contributed by atoms with Gasteiger partial charge in [0.1, 0.15) is 5.82 Å². The first-order valence-corrected chi connectivity index (χ1v) is 5.61. The van der Waals surface area contributed by atoms with Gasteiger partial charge in [-0.3, -0.25) is 0 Å². The second kappa shape index (κ2) is 4.51. The Morgan fingerprint density at radius 1 is 1.28 bits per heavy atom. The number of hydrogen-bond donors (Lipinski definition) is 2. The van der Waals surface area contributed by atoms with Crippen LogP contribution in [0.4, 0.5) is 17.6 Å². The molecule has 1 aliphatic carbocycles. The van der Waals surface area contributed by atoms with E-state index in [-0.39, 0.29) is 11.5 Å². The predicted molar refractivity (Wildman–Crippen MR) is 57.1 cm³/mol. The SMILES string of the molecule is N[C@@H](c1cc(F)ccc1C(F)(F)F)[C@H](O)C1CC1. The molecule has 1 saturated carbocycles. The molecule has 18 heavy (non-hydrogen) atoms. The molecule has 2 atom stereocenters.